The number of carbonyl (C=O) groups is 2. The van der Waals surface area contributed by atoms with Gasteiger partial charge >= 0.3 is 0 Å². The lowest BCUT2D eigenvalue weighted by atomic mass is 10.0. The fourth-order valence-electron chi connectivity index (χ4n) is 2.49. The van der Waals surface area contributed by atoms with Crippen molar-refractivity contribution in [3.8, 4) is 11.1 Å². The molecule has 0 aliphatic heterocycles. The maximum absolute atomic E-state index is 12.5. The molecule has 0 aliphatic rings. The van der Waals surface area contributed by atoms with Gasteiger partial charge in [0.05, 0.1) is 5.56 Å². The number of amides is 2. The van der Waals surface area contributed by atoms with Crippen LogP contribution in [0, 0.1) is 0 Å². The molecule has 2 aromatic carbocycles. The van der Waals surface area contributed by atoms with E-state index in [9.17, 15) is 14.0 Å². The number of hydrogen-bond donors (Lipinski definition) is 2. The molecule has 130 valence electrons. The molecule has 6 heteroatoms. The number of hydrogen-bond acceptors (Lipinski definition) is 3. The van der Waals surface area contributed by atoms with Crippen LogP contribution in [0.15, 0.2) is 73.1 Å². The zero-order chi connectivity index (χ0) is 18.4. The number of nitrogens with zero attached hydrogens (tertiary/aromatic N) is 1. The van der Waals surface area contributed by atoms with Gasteiger partial charge in [0.2, 0.25) is 0 Å². The Morgan fingerprint density at radius 3 is 2.58 bits per heavy atom. The fourth-order valence-corrected chi connectivity index (χ4v) is 2.49. The van der Waals surface area contributed by atoms with Gasteiger partial charge in [-0.25, -0.2) is 4.39 Å². The minimum absolute atomic E-state index is 0.269. The van der Waals surface area contributed by atoms with E-state index in [1.165, 1.54) is 6.20 Å². The highest BCUT2D eigenvalue weighted by molar-refractivity contribution is 6.04. The Balaban J connectivity index is 1.86. The Hall–Kier alpha value is -3.54. The lowest BCUT2D eigenvalue weighted by Gasteiger charge is -2.12. The molecule has 5 nitrogen and oxygen atoms in total. The van der Waals surface area contributed by atoms with Crippen LogP contribution in [-0.4, -0.2) is 23.5 Å². The molecule has 2 amide bonds. The summed E-state index contributed by atoms with van der Waals surface area (Å²) in [5, 5.41) is 5.35. The highest BCUT2D eigenvalue weighted by Crippen LogP contribution is 2.29. The van der Waals surface area contributed by atoms with Crippen LogP contribution < -0.4 is 10.6 Å². The van der Waals surface area contributed by atoms with E-state index in [4.69, 9.17) is 0 Å². The van der Waals surface area contributed by atoms with Crippen molar-refractivity contribution in [1.29, 1.82) is 0 Å². The summed E-state index contributed by atoms with van der Waals surface area (Å²) in [5.74, 6) is -0.979. The molecule has 3 aromatic rings. The second-order valence-corrected chi connectivity index (χ2v) is 5.50. The second-order valence-electron chi connectivity index (χ2n) is 5.50. The van der Waals surface area contributed by atoms with Crippen molar-refractivity contribution in [2.75, 3.05) is 17.3 Å². The minimum Gasteiger partial charge on any atom is -0.323 e. The molecule has 26 heavy (non-hydrogen) atoms. The van der Waals surface area contributed by atoms with Gasteiger partial charge in [-0.2, -0.15) is 0 Å². The standard InChI is InChI=1S/C20H16FN3O2/c21-12-19(25)24-18-9-2-1-8-17(18)14-5-3-7-16(11-14)23-20(26)15-6-4-10-22-13-15/h1-11,13H,12H2,(H,23,26)(H,24,25). The van der Waals surface area contributed by atoms with Gasteiger partial charge in [0, 0.05) is 29.3 Å². The van der Waals surface area contributed by atoms with Crippen LogP contribution in [-0.2, 0) is 4.79 Å². The van der Waals surface area contributed by atoms with E-state index >= 15 is 0 Å². The Labute approximate surface area is 149 Å². The molecule has 1 aromatic heterocycles. The number of para-hydroxylation sites is 1. The first-order valence-corrected chi connectivity index (χ1v) is 7.94. The summed E-state index contributed by atoms with van der Waals surface area (Å²) in [5.41, 5.74) is 3.07. The number of alkyl halides is 1. The Kier molecular flexibility index (Phi) is 5.34. The average molecular weight is 349 g/mol. The van der Waals surface area contributed by atoms with Gasteiger partial charge in [-0.1, -0.05) is 30.3 Å². The van der Waals surface area contributed by atoms with Gasteiger partial charge in [-0.3, -0.25) is 14.6 Å². The Morgan fingerprint density at radius 1 is 0.962 bits per heavy atom. The summed E-state index contributed by atoms with van der Waals surface area (Å²) in [6, 6.07) is 17.6. The molecule has 0 spiro atoms. The lowest BCUT2D eigenvalue weighted by molar-refractivity contribution is -0.117. The monoisotopic (exact) mass is 349 g/mol. The Bertz CT molecular complexity index is 929. The Morgan fingerprint density at radius 2 is 1.81 bits per heavy atom. The summed E-state index contributed by atoms with van der Waals surface area (Å²) in [4.78, 5) is 27.6. The van der Waals surface area contributed by atoms with Gasteiger partial charge in [0.15, 0.2) is 6.67 Å². The van der Waals surface area contributed by atoms with E-state index < -0.39 is 12.6 Å². The van der Waals surface area contributed by atoms with Crippen LogP contribution in [0.4, 0.5) is 15.8 Å². The maximum atomic E-state index is 12.5. The van der Waals surface area contributed by atoms with E-state index in [1.54, 1.807) is 48.7 Å². The predicted molar refractivity (Wildman–Crippen MR) is 98.7 cm³/mol. The van der Waals surface area contributed by atoms with Crippen molar-refractivity contribution in [2.24, 2.45) is 0 Å². The number of anilines is 2. The second kappa shape index (κ2) is 8.02. The average Bonchev–Trinajstić information content (AvgIpc) is 2.69. The van der Waals surface area contributed by atoms with Crippen molar-refractivity contribution >= 4 is 23.2 Å². The highest BCUT2D eigenvalue weighted by Gasteiger charge is 2.10. The normalized spacial score (nSPS) is 10.2. The van der Waals surface area contributed by atoms with Crippen LogP contribution in [0.2, 0.25) is 0 Å². The summed E-state index contributed by atoms with van der Waals surface area (Å²) in [6.07, 6.45) is 3.08. The molecule has 0 saturated carbocycles. The summed E-state index contributed by atoms with van der Waals surface area (Å²) < 4.78 is 12.5. The van der Waals surface area contributed by atoms with Crippen LogP contribution in [0.3, 0.4) is 0 Å². The van der Waals surface area contributed by atoms with Gasteiger partial charge in [-0.05, 0) is 35.9 Å². The van der Waals surface area contributed by atoms with E-state index in [0.29, 0.717) is 16.9 Å². The summed E-state index contributed by atoms with van der Waals surface area (Å²) >= 11 is 0. The molecular formula is C20H16FN3O2. The predicted octanol–water partition coefficient (Wildman–Crippen LogP) is 3.91. The number of nitrogens with one attached hydrogen (secondary N) is 2. The molecule has 0 atom stereocenters. The summed E-state index contributed by atoms with van der Waals surface area (Å²) in [7, 11) is 0. The third-order valence-corrected chi connectivity index (χ3v) is 3.68. The van der Waals surface area contributed by atoms with Crippen LogP contribution in [0.5, 0.6) is 0 Å². The third-order valence-electron chi connectivity index (χ3n) is 3.68. The van der Waals surface area contributed by atoms with Gasteiger partial charge in [0.25, 0.3) is 11.8 Å². The number of pyridine rings is 1. The van der Waals surface area contributed by atoms with Gasteiger partial charge in [0.1, 0.15) is 0 Å². The lowest BCUT2D eigenvalue weighted by Crippen LogP contribution is -2.14. The smallest absolute Gasteiger partial charge is 0.257 e. The van der Waals surface area contributed by atoms with Crippen molar-refractivity contribution in [3.63, 3.8) is 0 Å². The zero-order valence-electron chi connectivity index (χ0n) is 13.8. The minimum atomic E-state index is -1.09. The number of carbonyl (C=O) groups excluding carboxylic acids is 2. The van der Waals surface area contributed by atoms with Crippen LogP contribution >= 0.6 is 0 Å². The first kappa shape index (κ1) is 17.3. The molecule has 0 unspecified atom stereocenters. The quantitative estimate of drug-likeness (QED) is 0.734. The summed E-state index contributed by atoms with van der Waals surface area (Å²) in [6.45, 7) is -1.09. The fraction of sp³-hybridized carbons (Fsp3) is 0.0500. The number of halogens is 1. The molecule has 0 aliphatic carbocycles. The molecule has 0 radical (unpaired) electrons. The van der Waals surface area contributed by atoms with Crippen LogP contribution in [0.25, 0.3) is 11.1 Å². The highest BCUT2D eigenvalue weighted by atomic mass is 19.1. The van der Waals surface area contributed by atoms with Crippen molar-refractivity contribution in [1.82, 2.24) is 4.98 Å². The molecule has 1 heterocycles. The SMILES string of the molecule is O=C(CF)Nc1ccccc1-c1cccc(NC(=O)c2cccnc2)c1. The number of aromatic nitrogens is 1. The largest absolute Gasteiger partial charge is 0.323 e. The van der Waals surface area contributed by atoms with E-state index in [1.807, 2.05) is 18.2 Å². The van der Waals surface area contributed by atoms with Crippen LogP contribution in [0.1, 0.15) is 10.4 Å². The third kappa shape index (κ3) is 4.10. The first-order valence-electron chi connectivity index (χ1n) is 7.94. The van der Waals surface area contributed by atoms with Crippen molar-refractivity contribution in [2.45, 2.75) is 0 Å². The van der Waals surface area contributed by atoms with E-state index in [2.05, 4.69) is 15.6 Å². The van der Waals surface area contributed by atoms with E-state index in [-0.39, 0.29) is 5.91 Å². The zero-order valence-corrected chi connectivity index (χ0v) is 13.8. The van der Waals surface area contributed by atoms with Gasteiger partial charge < -0.3 is 10.6 Å². The molecule has 2 N–H and O–H groups in total. The van der Waals surface area contributed by atoms with Crippen molar-refractivity contribution < 1.29 is 14.0 Å². The number of rotatable bonds is 5. The molecular weight excluding hydrogens is 333 g/mol. The van der Waals surface area contributed by atoms with Gasteiger partial charge in [-0.15, -0.1) is 0 Å². The maximum Gasteiger partial charge on any atom is 0.257 e. The first-order chi connectivity index (χ1) is 12.7. The molecule has 0 fully saturated rings. The van der Waals surface area contributed by atoms with E-state index in [0.717, 1.165) is 11.1 Å². The molecule has 0 saturated heterocycles. The number of benzene rings is 2. The molecule has 0 bridgehead atoms. The van der Waals surface area contributed by atoms with Crippen molar-refractivity contribution in [3.05, 3.63) is 78.6 Å². The topological polar surface area (TPSA) is 71.1 Å². The molecule has 3 rings (SSSR count).